The summed E-state index contributed by atoms with van der Waals surface area (Å²) in [5.74, 6) is -1.01. The highest BCUT2D eigenvalue weighted by atomic mass is 16.5. The molecule has 238 valence electrons. The molecule has 2 aromatic rings. The summed E-state index contributed by atoms with van der Waals surface area (Å²) >= 11 is 0. The number of esters is 2. The van der Waals surface area contributed by atoms with Gasteiger partial charge in [0, 0.05) is 18.9 Å². The zero-order valence-electron chi connectivity index (χ0n) is 25.9. The van der Waals surface area contributed by atoms with Crippen LogP contribution in [-0.2, 0) is 25.6 Å². The molecular formula is C31H54N6O5. The fourth-order valence-corrected chi connectivity index (χ4v) is 4.93. The Balaban J connectivity index is 1.62. The van der Waals surface area contributed by atoms with E-state index in [0.717, 1.165) is 19.3 Å². The molecule has 5 N–H and O–H groups in total. The molecule has 1 unspecified atom stereocenters. The van der Waals surface area contributed by atoms with Crippen molar-refractivity contribution >= 4 is 29.1 Å². The first-order chi connectivity index (χ1) is 20.3. The maximum Gasteiger partial charge on any atom is 0.322 e. The summed E-state index contributed by atoms with van der Waals surface area (Å²) in [4.78, 5) is 47.0. The molecule has 0 aromatic carbocycles. The predicted octanol–water partition coefficient (Wildman–Crippen LogP) is 5.40. The number of fused-ring (bicyclic) bond motifs is 1. The minimum absolute atomic E-state index is 0.00407. The van der Waals surface area contributed by atoms with Crippen LogP contribution in [0.2, 0.25) is 0 Å². The van der Waals surface area contributed by atoms with Crippen LogP contribution >= 0.6 is 0 Å². The number of nitrogens with two attached hydrogens (primary N) is 2. The van der Waals surface area contributed by atoms with E-state index in [-0.39, 0.29) is 36.6 Å². The molecule has 0 saturated carbocycles. The van der Waals surface area contributed by atoms with Gasteiger partial charge in [0.2, 0.25) is 5.95 Å². The molecule has 0 bridgehead atoms. The van der Waals surface area contributed by atoms with Crippen molar-refractivity contribution in [2.75, 3.05) is 18.9 Å². The van der Waals surface area contributed by atoms with Gasteiger partial charge >= 0.3 is 11.9 Å². The number of aryl methyl sites for hydroxylation is 1. The highest BCUT2D eigenvalue weighted by Gasteiger charge is 2.18. The van der Waals surface area contributed by atoms with E-state index in [0.29, 0.717) is 25.0 Å². The Morgan fingerprint density at radius 3 is 2.02 bits per heavy atom. The Morgan fingerprint density at radius 2 is 1.45 bits per heavy atom. The number of nitrogens with one attached hydrogen (secondary N) is 1. The Hall–Kier alpha value is -2.95. The number of anilines is 1. The van der Waals surface area contributed by atoms with E-state index in [1.165, 1.54) is 83.4 Å². The standard InChI is InChI=1S/C31H54N6O5/c1-3-4-5-6-7-8-9-10-11-12-13-14-15-16-17-18-26(38)41-21-25(22-42-30(40)24(2)32)19-20-37-23-34-27-28(37)35-31(33)36-29(27)39/h23-25H,3-22,32H2,1-2H3,(H3,33,35,36,39)/t24-,25?/m0/s1. The molecule has 2 atom stereocenters. The highest BCUT2D eigenvalue weighted by Crippen LogP contribution is 2.15. The number of nitrogen functional groups attached to an aromatic ring is 1. The maximum atomic E-state index is 12.4. The molecular weight excluding hydrogens is 536 g/mol. The number of hydrogen-bond acceptors (Lipinski definition) is 9. The molecule has 0 aliphatic carbocycles. The second-order valence-electron chi connectivity index (χ2n) is 11.5. The number of hydrogen-bond donors (Lipinski definition) is 3. The molecule has 2 aromatic heterocycles. The number of aromatic amines is 1. The van der Waals surface area contributed by atoms with Crippen LogP contribution < -0.4 is 17.0 Å². The molecule has 0 amide bonds. The minimum atomic E-state index is -0.741. The van der Waals surface area contributed by atoms with Crippen molar-refractivity contribution in [1.29, 1.82) is 0 Å². The largest absolute Gasteiger partial charge is 0.465 e. The van der Waals surface area contributed by atoms with Gasteiger partial charge in [-0.15, -0.1) is 0 Å². The third-order valence-corrected chi connectivity index (χ3v) is 7.57. The number of carbonyl (C=O) groups is 2. The number of aromatic nitrogens is 4. The Kier molecular flexibility index (Phi) is 17.5. The Morgan fingerprint density at radius 1 is 0.905 bits per heavy atom. The van der Waals surface area contributed by atoms with Gasteiger partial charge in [-0.3, -0.25) is 19.4 Å². The number of imidazole rings is 1. The van der Waals surface area contributed by atoms with Crippen LogP contribution in [0.4, 0.5) is 5.95 Å². The van der Waals surface area contributed by atoms with Crippen molar-refractivity contribution in [1.82, 2.24) is 19.5 Å². The maximum absolute atomic E-state index is 12.4. The third-order valence-electron chi connectivity index (χ3n) is 7.57. The van der Waals surface area contributed by atoms with Crippen molar-refractivity contribution in [3.05, 3.63) is 16.7 Å². The summed E-state index contributed by atoms with van der Waals surface area (Å²) < 4.78 is 12.6. The highest BCUT2D eigenvalue weighted by molar-refractivity contribution is 5.74. The molecule has 0 radical (unpaired) electrons. The molecule has 11 heteroatoms. The van der Waals surface area contributed by atoms with E-state index in [4.69, 9.17) is 20.9 Å². The lowest BCUT2D eigenvalue weighted by molar-refractivity contribution is -0.149. The summed E-state index contributed by atoms with van der Waals surface area (Å²) in [6.45, 7) is 4.42. The van der Waals surface area contributed by atoms with Gasteiger partial charge in [-0.05, 0) is 19.8 Å². The first kappa shape index (κ1) is 35.2. The average Bonchev–Trinajstić information content (AvgIpc) is 3.37. The van der Waals surface area contributed by atoms with Crippen molar-refractivity contribution in [3.8, 4) is 0 Å². The van der Waals surface area contributed by atoms with E-state index in [1.807, 2.05) is 0 Å². The molecule has 2 heterocycles. The lowest BCUT2D eigenvalue weighted by atomic mass is 10.0. The van der Waals surface area contributed by atoms with Crippen molar-refractivity contribution < 1.29 is 19.1 Å². The van der Waals surface area contributed by atoms with Gasteiger partial charge in [0.1, 0.15) is 6.04 Å². The minimum Gasteiger partial charge on any atom is -0.465 e. The topological polar surface area (TPSA) is 168 Å². The number of rotatable bonds is 24. The number of nitrogens with zero attached hydrogens (tertiary/aromatic N) is 3. The van der Waals surface area contributed by atoms with E-state index < -0.39 is 17.6 Å². The molecule has 0 aliphatic heterocycles. The number of carbonyl (C=O) groups excluding carboxylic acids is 2. The van der Waals surface area contributed by atoms with Gasteiger partial charge in [-0.25, -0.2) is 4.98 Å². The van der Waals surface area contributed by atoms with Crippen LogP contribution in [0.3, 0.4) is 0 Å². The summed E-state index contributed by atoms with van der Waals surface area (Å²) in [6.07, 6.45) is 21.5. The van der Waals surface area contributed by atoms with Gasteiger partial charge in [0.15, 0.2) is 11.2 Å². The Bertz CT molecular complexity index is 1100. The first-order valence-corrected chi connectivity index (χ1v) is 16.1. The van der Waals surface area contributed by atoms with E-state index in [9.17, 15) is 14.4 Å². The van der Waals surface area contributed by atoms with Crippen molar-refractivity contribution in [2.45, 2.75) is 136 Å². The SMILES string of the molecule is CCCCCCCCCCCCCCCCCC(=O)OCC(CCn1cnc2c(=O)[nH]c(N)nc21)COC(=O)[C@H](C)N. The van der Waals surface area contributed by atoms with Crippen molar-refractivity contribution in [3.63, 3.8) is 0 Å². The fourth-order valence-electron chi connectivity index (χ4n) is 4.93. The summed E-state index contributed by atoms with van der Waals surface area (Å²) in [6, 6.07) is -0.741. The molecule has 0 fully saturated rings. The van der Waals surface area contributed by atoms with E-state index >= 15 is 0 Å². The quantitative estimate of drug-likeness (QED) is 0.107. The second-order valence-corrected chi connectivity index (χ2v) is 11.5. The summed E-state index contributed by atoms with van der Waals surface area (Å²) in [7, 11) is 0. The number of ether oxygens (including phenoxy) is 2. The predicted molar refractivity (Wildman–Crippen MR) is 166 cm³/mol. The zero-order chi connectivity index (χ0) is 30.6. The summed E-state index contributed by atoms with van der Waals surface area (Å²) in [5, 5.41) is 0. The smallest absolute Gasteiger partial charge is 0.322 e. The molecule has 0 aliphatic rings. The van der Waals surface area contributed by atoms with Crippen LogP contribution in [0, 0.1) is 5.92 Å². The molecule has 42 heavy (non-hydrogen) atoms. The van der Waals surface area contributed by atoms with Crippen LogP contribution in [0.25, 0.3) is 11.2 Å². The van der Waals surface area contributed by atoms with Crippen LogP contribution in [-0.4, -0.2) is 50.7 Å². The van der Waals surface area contributed by atoms with Gasteiger partial charge in [-0.1, -0.05) is 96.8 Å². The molecule has 0 saturated heterocycles. The average molecular weight is 591 g/mol. The monoisotopic (exact) mass is 590 g/mol. The fraction of sp³-hybridized carbons (Fsp3) is 0.774. The van der Waals surface area contributed by atoms with Gasteiger partial charge in [-0.2, -0.15) is 4.98 Å². The first-order valence-electron chi connectivity index (χ1n) is 16.1. The van der Waals surface area contributed by atoms with Crippen LogP contribution in [0.15, 0.2) is 11.1 Å². The Labute approximate surface area is 250 Å². The van der Waals surface area contributed by atoms with Gasteiger partial charge < -0.3 is 25.5 Å². The van der Waals surface area contributed by atoms with Gasteiger partial charge in [0.25, 0.3) is 5.56 Å². The van der Waals surface area contributed by atoms with Crippen LogP contribution in [0.1, 0.15) is 123 Å². The summed E-state index contributed by atoms with van der Waals surface area (Å²) in [5.41, 5.74) is 11.4. The molecule has 2 rings (SSSR count). The van der Waals surface area contributed by atoms with E-state index in [1.54, 1.807) is 11.5 Å². The van der Waals surface area contributed by atoms with E-state index in [2.05, 4.69) is 21.9 Å². The second kappa shape index (κ2) is 20.9. The number of H-pyrrole nitrogens is 1. The zero-order valence-corrected chi connectivity index (χ0v) is 25.9. The normalized spacial score (nSPS) is 12.8. The molecule has 11 nitrogen and oxygen atoms in total. The van der Waals surface area contributed by atoms with Crippen molar-refractivity contribution in [2.24, 2.45) is 11.7 Å². The molecule has 0 spiro atoms. The lowest BCUT2D eigenvalue weighted by Crippen LogP contribution is -2.31. The lowest BCUT2D eigenvalue weighted by Gasteiger charge is -2.18. The third kappa shape index (κ3) is 14.3. The number of unbranched alkanes of at least 4 members (excludes halogenated alkanes) is 14. The van der Waals surface area contributed by atoms with Gasteiger partial charge in [0.05, 0.1) is 19.5 Å². The van der Waals surface area contributed by atoms with Crippen LogP contribution in [0.5, 0.6) is 0 Å².